The van der Waals surface area contributed by atoms with Crippen molar-refractivity contribution in [3.63, 3.8) is 0 Å². The second kappa shape index (κ2) is 6.14. The Labute approximate surface area is 116 Å². The summed E-state index contributed by atoms with van der Waals surface area (Å²) < 4.78 is 48.8. The van der Waals surface area contributed by atoms with Gasteiger partial charge in [0.2, 0.25) is 0 Å². The van der Waals surface area contributed by atoms with Gasteiger partial charge in [0, 0.05) is 18.8 Å². The number of hydrogen-bond acceptors (Lipinski definition) is 2. The summed E-state index contributed by atoms with van der Waals surface area (Å²) in [6.45, 7) is 4.69. The van der Waals surface area contributed by atoms with Gasteiger partial charge >= 0.3 is 6.18 Å². The first-order valence-electron chi connectivity index (χ1n) is 6.87. The van der Waals surface area contributed by atoms with Gasteiger partial charge in [-0.2, -0.15) is 13.2 Å². The molecule has 1 aromatic carbocycles. The van der Waals surface area contributed by atoms with Crippen LogP contribution in [0.4, 0.5) is 13.2 Å². The lowest BCUT2D eigenvalue weighted by molar-refractivity contribution is -0.148. The number of halogens is 3. The van der Waals surface area contributed by atoms with Crippen LogP contribution in [0.2, 0.25) is 0 Å². The van der Waals surface area contributed by atoms with Gasteiger partial charge in [0.05, 0.1) is 5.92 Å². The first kappa shape index (κ1) is 15.3. The van der Waals surface area contributed by atoms with Crippen molar-refractivity contribution in [1.82, 2.24) is 0 Å². The van der Waals surface area contributed by atoms with Crippen molar-refractivity contribution in [3.8, 4) is 0 Å². The van der Waals surface area contributed by atoms with E-state index in [1.807, 2.05) is 19.9 Å². The molecular weight excluding hydrogens is 269 g/mol. The van der Waals surface area contributed by atoms with Crippen molar-refractivity contribution in [3.05, 3.63) is 35.4 Å². The zero-order chi connectivity index (χ0) is 14.8. The molecule has 1 fully saturated rings. The fourth-order valence-electron chi connectivity index (χ4n) is 2.40. The predicted octanol–water partition coefficient (Wildman–Crippen LogP) is 4.42. The number of alkyl halides is 3. The highest BCUT2D eigenvalue weighted by molar-refractivity contribution is 5.31. The standard InChI is InChI=1S/C15H19F3O2/c1-3-19-14(20-4-2)11-7-5-6-10(8-11)12-9-13(12)15(16,17)18/h5-8,12-14H,3-4,9H2,1-2H3/t12-,13+/m1/s1. The average molecular weight is 288 g/mol. The molecule has 0 aromatic heterocycles. The monoisotopic (exact) mass is 288 g/mol. The predicted molar refractivity (Wildman–Crippen MR) is 69.3 cm³/mol. The lowest BCUT2D eigenvalue weighted by Crippen LogP contribution is -2.12. The Morgan fingerprint density at radius 2 is 1.85 bits per heavy atom. The third kappa shape index (κ3) is 3.52. The largest absolute Gasteiger partial charge is 0.392 e. The van der Waals surface area contributed by atoms with Crippen LogP contribution in [-0.4, -0.2) is 19.4 Å². The summed E-state index contributed by atoms with van der Waals surface area (Å²) in [4.78, 5) is 0. The molecule has 0 unspecified atom stereocenters. The Balaban J connectivity index is 2.12. The van der Waals surface area contributed by atoms with Gasteiger partial charge in [-0.25, -0.2) is 0 Å². The summed E-state index contributed by atoms with van der Waals surface area (Å²) in [6, 6.07) is 7.10. The summed E-state index contributed by atoms with van der Waals surface area (Å²) in [7, 11) is 0. The third-order valence-corrected chi connectivity index (χ3v) is 3.46. The van der Waals surface area contributed by atoms with Crippen molar-refractivity contribution in [1.29, 1.82) is 0 Å². The molecule has 112 valence electrons. The Bertz CT molecular complexity index is 439. The topological polar surface area (TPSA) is 18.5 Å². The fraction of sp³-hybridized carbons (Fsp3) is 0.600. The quantitative estimate of drug-likeness (QED) is 0.721. The van der Waals surface area contributed by atoms with E-state index in [1.165, 1.54) is 0 Å². The van der Waals surface area contributed by atoms with Gasteiger partial charge in [-0.1, -0.05) is 24.3 Å². The molecule has 20 heavy (non-hydrogen) atoms. The smallest absolute Gasteiger partial charge is 0.349 e. The van der Waals surface area contributed by atoms with E-state index in [1.54, 1.807) is 18.2 Å². The van der Waals surface area contributed by atoms with Crippen LogP contribution >= 0.6 is 0 Å². The van der Waals surface area contributed by atoms with Crippen LogP contribution in [0.15, 0.2) is 24.3 Å². The normalized spacial score (nSPS) is 22.3. The minimum absolute atomic E-state index is 0.181. The lowest BCUT2D eigenvalue weighted by Gasteiger charge is -2.18. The summed E-state index contributed by atoms with van der Waals surface area (Å²) in [5, 5.41) is 0. The average Bonchev–Trinajstić information content (AvgIpc) is 3.19. The van der Waals surface area contributed by atoms with Crippen molar-refractivity contribution < 1.29 is 22.6 Å². The van der Waals surface area contributed by atoms with E-state index in [-0.39, 0.29) is 6.42 Å². The maximum Gasteiger partial charge on any atom is 0.392 e. The number of ether oxygens (including phenoxy) is 2. The van der Waals surface area contributed by atoms with Crippen LogP contribution in [0.5, 0.6) is 0 Å². The second-order valence-electron chi connectivity index (χ2n) is 4.90. The van der Waals surface area contributed by atoms with Crippen molar-refractivity contribution in [2.45, 2.75) is 38.7 Å². The number of hydrogen-bond donors (Lipinski definition) is 0. The van der Waals surface area contributed by atoms with Crippen LogP contribution in [0.25, 0.3) is 0 Å². The van der Waals surface area contributed by atoms with E-state index in [0.29, 0.717) is 18.8 Å². The molecule has 2 nitrogen and oxygen atoms in total. The van der Waals surface area contributed by atoms with Crippen molar-refractivity contribution >= 4 is 0 Å². The van der Waals surface area contributed by atoms with Gasteiger partial charge in [-0.15, -0.1) is 0 Å². The molecule has 1 aliphatic rings. The zero-order valence-electron chi connectivity index (χ0n) is 11.6. The Morgan fingerprint density at radius 1 is 1.20 bits per heavy atom. The molecule has 1 aliphatic carbocycles. The van der Waals surface area contributed by atoms with Crippen LogP contribution < -0.4 is 0 Å². The third-order valence-electron chi connectivity index (χ3n) is 3.46. The second-order valence-corrected chi connectivity index (χ2v) is 4.90. The van der Waals surface area contributed by atoms with Gasteiger partial charge in [-0.3, -0.25) is 0 Å². The van der Waals surface area contributed by atoms with E-state index in [0.717, 1.165) is 5.56 Å². The molecule has 1 saturated carbocycles. The highest BCUT2D eigenvalue weighted by atomic mass is 19.4. The van der Waals surface area contributed by atoms with Crippen LogP contribution in [0, 0.1) is 5.92 Å². The Kier molecular flexibility index (Phi) is 4.70. The molecule has 0 N–H and O–H groups in total. The summed E-state index contributed by atoms with van der Waals surface area (Å²) >= 11 is 0. The molecule has 2 atom stereocenters. The number of rotatable bonds is 6. The molecule has 0 amide bonds. The molecule has 0 heterocycles. The fourth-order valence-corrected chi connectivity index (χ4v) is 2.40. The lowest BCUT2D eigenvalue weighted by atomic mass is 10.1. The van der Waals surface area contributed by atoms with E-state index in [4.69, 9.17) is 9.47 Å². The van der Waals surface area contributed by atoms with E-state index >= 15 is 0 Å². The first-order valence-corrected chi connectivity index (χ1v) is 6.87. The van der Waals surface area contributed by atoms with Crippen molar-refractivity contribution in [2.24, 2.45) is 5.92 Å². The minimum Gasteiger partial charge on any atom is -0.349 e. The minimum atomic E-state index is -4.10. The molecular formula is C15H19F3O2. The molecule has 0 saturated heterocycles. The first-order chi connectivity index (χ1) is 9.47. The molecule has 0 spiro atoms. The van der Waals surface area contributed by atoms with Gasteiger partial charge < -0.3 is 9.47 Å². The highest BCUT2D eigenvalue weighted by Crippen LogP contribution is 2.56. The maximum absolute atomic E-state index is 12.6. The highest BCUT2D eigenvalue weighted by Gasteiger charge is 2.56. The molecule has 1 aromatic rings. The van der Waals surface area contributed by atoms with E-state index in [2.05, 4.69) is 0 Å². The summed E-state index contributed by atoms with van der Waals surface area (Å²) in [6.07, 6.45) is -4.42. The Hall–Kier alpha value is -1.07. The molecule has 0 radical (unpaired) electrons. The van der Waals surface area contributed by atoms with Gasteiger partial charge in [0.1, 0.15) is 0 Å². The molecule has 0 bridgehead atoms. The molecule has 5 heteroatoms. The van der Waals surface area contributed by atoms with Crippen LogP contribution in [0.1, 0.15) is 43.6 Å². The molecule has 0 aliphatic heterocycles. The SMILES string of the molecule is CCOC(OCC)c1cccc([C@H]2C[C@@H]2C(F)(F)F)c1. The van der Waals surface area contributed by atoms with E-state index < -0.39 is 24.3 Å². The van der Waals surface area contributed by atoms with Gasteiger partial charge in [0.15, 0.2) is 6.29 Å². The zero-order valence-corrected chi connectivity index (χ0v) is 11.6. The Morgan fingerprint density at radius 3 is 2.35 bits per heavy atom. The number of benzene rings is 1. The van der Waals surface area contributed by atoms with Crippen LogP contribution in [-0.2, 0) is 9.47 Å². The summed E-state index contributed by atoms with van der Waals surface area (Å²) in [5.41, 5.74) is 1.49. The van der Waals surface area contributed by atoms with Gasteiger partial charge in [0.25, 0.3) is 0 Å². The molecule has 2 rings (SSSR count). The maximum atomic E-state index is 12.6. The van der Waals surface area contributed by atoms with Crippen LogP contribution in [0.3, 0.4) is 0 Å². The van der Waals surface area contributed by atoms with E-state index in [9.17, 15) is 13.2 Å². The van der Waals surface area contributed by atoms with Gasteiger partial charge in [-0.05, 0) is 31.7 Å². The summed E-state index contributed by atoms with van der Waals surface area (Å²) in [5.74, 6) is -1.62. The van der Waals surface area contributed by atoms with Crippen molar-refractivity contribution in [2.75, 3.05) is 13.2 Å².